The summed E-state index contributed by atoms with van der Waals surface area (Å²) in [5, 5.41) is 2.73. The molecule has 0 radical (unpaired) electrons. The Bertz CT molecular complexity index is 321. The second-order valence-electron chi connectivity index (χ2n) is 3.59. The van der Waals surface area contributed by atoms with Crippen molar-refractivity contribution in [2.45, 2.75) is 23.8 Å². The van der Waals surface area contributed by atoms with Crippen molar-refractivity contribution in [2.24, 2.45) is 0 Å². The number of thioether (sulfide) groups is 2. The molecule has 0 bridgehead atoms. The standard InChI is InChI=1S/C11H14OS3/c1-8-11(15-6-5-13-8)10(12)7-9-3-2-4-14-9/h2-4,8,11H,5-7H2,1H3. The summed E-state index contributed by atoms with van der Waals surface area (Å²) >= 11 is 5.44. The van der Waals surface area contributed by atoms with Gasteiger partial charge in [0.15, 0.2) is 5.78 Å². The fourth-order valence-corrected chi connectivity index (χ4v) is 5.12. The first-order chi connectivity index (χ1) is 7.27. The maximum Gasteiger partial charge on any atom is 0.152 e. The van der Waals surface area contributed by atoms with Crippen LogP contribution in [-0.2, 0) is 11.2 Å². The minimum atomic E-state index is 0.214. The van der Waals surface area contributed by atoms with Gasteiger partial charge in [-0.3, -0.25) is 4.79 Å². The van der Waals surface area contributed by atoms with E-state index in [1.54, 1.807) is 11.3 Å². The van der Waals surface area contributed by atoms with Gasteiger partial charge in [0, 0.05) is 28.1 Å². The highest BCUT2D eigenvalue weighted by molar-refractivity contribution is 8.07. The first-order valence-corrected chi connectivity index (χ1v) is 8.03. The van der Waals surface area contributed by atoms with Crippen LogP contribution >= 0.6 is 34.9 Å². The number of carbonyl (C=O) groups is 1. The lowest BCUT2D eigenvalue weighted by atomic mass is 10.1. The molecule has 1 nitrogen and oxygen atoms in total. The lowest BCUT2D eigenvalue weighted by Gasteiger charge is -2.26. The third kappa shape index (κ3) is 3.02. The number of carbonyl (C=O) groups excluding carboxylic acids is 1. The quantitative estimate of drug-likeness (QED) is 0.829. The molecule has 2 heterocycles. The lowest BCUT2D eigenvalue weighted by molar-refractivity contribution is -0.117. The van der Waals surface area contributed by atoms with Crippen molar-refractivity contribution in [2.75, 3.05) is 11.5 Å². The lowest BCUT2D eigenvalue weighted by Crippen LogP contribution is -2.32. The molecule has 1 aliphatic rings. The van der Waals surface area contributed by atoms with Gasteiger partial charge in [-0.1, -0.05) is 13.0 Å². The molecule has 1 fully saturated rings. The number of rotatable bonds is 3. The van der Waals surface area contributed by atoms with Gasteiger partial charge < -0.3 is 0 Å². The Balaban J connectivity index is 1.95. The monoisotopic (exact) mass is 258 g/mol. The minimum Gasteiger partial charge on any atom is -0.298 e. The van der Waals surface area contributed by atoms with Gasteiger partial charge in [-0.05, 0) is 11.4 Å². The van der Waals surface area contributed by atoms with E-state index < -0.39 is 0 Å². The summed E-state index contributed by atoms with van der Waals surface area (Å²) in [7, 11) is 0. The fourth-order valence-electron chi connectivity index (χ4n) is 1.67. The number of hydrogen-bond acceptors (Lipinski definition) is 4. The highest BCUT2D eigenvalue weighted by atomic mass is 32.2. The molecule has 2 rings (SSSR count). The van der Waals surface area contributed by atoms with Gasteiger partial charge in [0.05, 0.1) is 5.25 Å². The van der Waals surface area contributed by atoms with E-state index in [1.165, 1.54) is 10.6 Å². The number of ketones is 1. The SMILES string of the molecule is CC1SCCSC1C(=O)Cc1cccs1. The maximum absolute atomic E-state index is 12.0. The summed E-state index contributed by atoms with van der Waals surface area (Å²) in [6, 6.07) is 4.06. The molecule has 1 aromatic rings. The number of hydrogen-bond donors (Lipinski definition) is 0. The Morgan fingerprint density at radius 1 is 1.47 bits per heavy atom. The molecular weight excluding hydrogens is 244 g/mol. The zero-order valence-electron chi connectivity index (χ0n) is 8.64. The van der Waals surface area contributed by atoms with Crippen LogP contribution < -0.4 is 0 Å². The van der Waals surface area contributed by atoms with Gasteiger partial charge in [-0.15, -0.1) is 23.1 Å². The van der Waals surface area contributed by atoms with Gasteiger partial charge in [0.2, 0.25) is 0 Å². The van der Waals surface area contributed by atoms with E-state index in [0.29, 0.717) is 17.5 Å². The van der Waals surface area contributed by atoms with Crippen molar-refractivity contribution in [1.82, 2.24) is 0 Å². The zero-order chi connectivity index (χ0) is 10.7. The molecule has 0 aliphatic carbocycles. The maximum atomic E-state index is 12.0. The Morgan fingerprint density at radius 2 is 2.27 bits per heavy atom. The predicted octanol–water partition coefficient (Wildman–Crippen LogP) is 3.10. The van der Waals surface area contributed by atoms with Crippen LogP contribution in [-0.4, -0.2) is 27.8 Å². The van der Waals surface area contributed by atoms with Crippen molar-refractivity contribution in [1.29, 1.82) is 0 Å². The molecule has 1 aromatic heterocycles. The first-order valence-electron chi connectivity index (χ1n) is 5.05. The van der Waals surface area contributed by atoms with E-state index in [-0.39, 0.29) is 5.25 Å². The molecular formula is C11H14OS3. The van der Waals surface area contributed by atoms with E-state index >= 15 is 0 Å². The van der Waals surface area contributed by atoms with E-state index in [2.05, 4.69) is 6.92 Å². The molecule has 0 saturated carbocycles. The second kappa shape index (κ2) is 5.41. The molecule has 0 aromatic carbocycles. The summed E-state index contributed by atoms with van der Waals surface area (Å²) in [5.41, 5.74) is 0. The molecule has 82 valence electrons. The van der Waals surface area contributed by atoms with Crippen molar-refractivity contribution in [3.8, 4) is 0 Å². The first kappa shape index (κ1) is 11.6. The fraction of sp³-hybridized carbons (Fsp3) is 0.545. The summed E-state index contributed by atoms with van der Waals surface area (Å²) < 4.78 is 0. The van der Waals surface area contributed by atoms with E-state index in [4.69, 9.17) is 0 Å². The molecule has 0 amide bonds. The molecule has 2 atom stereocenters. The molecule has 1 aliphatic heterocycles. The second-order valence-corrected chi connectivity index (χ2v) is 7.36. The summed E-state index contributed by atoms with van der Waals surface area (Å²) in [6.45, 7) is 2.17. The molecule has 0 N–H and O–H groups in total. The van der Waals surface area contributed by atoms with E-state index in [9.17, 15) is 4.79 Å². The number of thiophene rings is 1. The van der Waals surface area contributed by atoms with Crippen LogP contribution in [0.25, 0.3) is 0 Å². The zero-order valence-corrected chi connectivity index (χ0v) is 11.1. The average Bonchev–Trinajstić information content (AvgIpc) is 2.71. The van der Waals surface area contributed by atoms with Crippen LogP contribution in [0.3, 0.4) is 0 Å². The van der Waals surface area contributed by atoms with Crippen molar-refractivity contribution >= 4 is 40.6 Å². The normalized spacial score (nSPS) is 26.5. The average molecular weight is 258 g/mol. The Morgan fingerprint density at radius 3 is 2.93 bits per heavy atom. The highest BCUT2D eigenvalue weighted by Crippen LogP contribution is 2.32. The molecule has 1 saturated heterocycles. The van der Waals surface area contributed by atoms with Gasteiger partial charge in [0.25, 0.3) is 0 Å². The van der Waals surface area contributed by atoms with Crippen LogP contribution in [0.15, 0.2) is 17.5 Å². The summed E-state index contributed by atoms with van der Waals surface area (Å²) in [5.74, 6) is 2.71. The van der Waals surface area contributed by atoms with Crippen LogP contribution in [0.2, 0.25) is 0 Å². The van der Waals surface area contributed by atoms with Gasteiger partial charge in [-0.25, -0.2) is 0 Å². The minimum absolute atomic E-state index is 0.214. The van der Waals surface area contributed by atoms with Crippen LogP contribution in [0.4, 0.5) is 0 Å². The smallest absolute Gasteiger partial charge is 0.152 e. The third-order valence-corrected chi connectivity index (χ3v) is 6.45. The van der Waals surface area contributed by atoms with Crippen molar-refractivity contribution < 1.29 is 4.79 Å². The van der Waals surface area contributed by atoms with E-state index in [1.807, 2.05) is 41.0 Å². The van der Waals surface area contributed by atoms with Gasteiger partial charge >= 0.3 is 0 Å². The van der Waals surface area contributed by atoms with Crippen LogP contribution in [0.1, 0.15) is 11.8 Å². The number of Topliss-reactive ketones (excluding diaryl/α,β-unsaturated/α-hetero) is 1. The van der Waals surface area contributed by atoms with Crippen molar-refractivity contribution in [3.63, 3.8) is 0 Å². The summed E-state index contributed by atoms with van der Waals surface area (Å²) in [4.78, 5) is 13.2. The molecule has 15 heavy (non-hydrogen) atoms. The van der Waals surface area contributed by atoms with Gasteiger partial charge in [-0.2, -0.15) is 11.8 Å². The van der Waals surface area contributed by atoms with Crippen molar-refractivity contribution in [3.05, 3.63) is 22.4 Å². The Kier molecular flexibility index (Phi) is 4.17. The van der Waals surface area contributed by atoms with Gasteiger partial charge in [0.1, 0.15) is 0 Å². The Labute approximate surface area is 103 Å². The topological polar surface area (TPSA) is 17.1 Å². The highest BCUT2D eigenvalue weighted by Gasteiger charge is 2.28. The molecule has 4 heteroatoms. The summed E-state index contributed by atoms with van der Waals surface area (Å²) in [6.07, 6.45) is 0.625. The Hall–Kier alpha value is 0.0700. The molecule has 0 spiro atoms. The largest absolute Gasteiger partial charge is 0.298 e. The van der Waals surface area contributed by atoms with E-state index in [0.717, 1.165) is 5.75 Å². The molecule has 2 unspecified atom stereocenters. The predicted molar refractivity (Wildman–Crippen MR) is 71.2 cm³/mol. The van der Waals surface area contributed by atoms with Crippen LogP contribution in [0.5, 0.6) is 0 Å². The third-order valence-electron chi connectivity index (χ3n) is 2.43. The van der Waals surface area contributed by atoms with Crippen LogP contribution in [0, 0.1) is 0 Å².